The Balaban J connectivity index is 2.37. The summed E-state index contributed by atoms with van der Waals surface area (Å²) in [6, 6.07) is 5.28. The number of nitrogens with two attached hydrogens (primary N) is 1. The topological polar surface area (TPSA) is 67.5 Å². The molecule has 0 aliphatic carbocycles. The molecule has 4 N–H and O–H groups in total. The van der Waals surface area contributed by atoms with Gasteiger partial charge in [0.2, 0.25) is 0 Å². The first-order valence-electron chi connectivity index (χ1n) is 5.09. The summed E-state index contributed by atoms with van der Waals surface area (Å²) in [6.07, 6.45) is 0.154. The van der Waals surface area contributed by atoms with Gasteiger partial charge in [-0.1, -0.05) is 11.6 Å². The number of nitrogens with one attached hydrogen (secondary N) is 1. The molecule has 1 aromatic carbocycles. The van der Waals surface area contributed by atoms with E-state index < -0.39 is 6.10 Å². The minimum absolute atomic E-state index is 0.345. The lowest BCUT2D eigenvalue weighted by Gasteiger charge is -2.12. The van der Waals surface area contributed by atoms with E-state index in [-0.39, 0.29) is 0 Å². The van der Waals surface area contributed by atoms with E-state index in [1.165, 1.54) is 0 Å². The van der Waals surface area contributed by atoms with Gasteiger partial charge < -0.3 is 20.9 Å². The zero-order valence-corrected chi connectivity index (χ0v) is 10.00. The molecule has 0 saturated heterocycles. The van der Waals surface area contributed by atoms with Crippen LogP contribution in [0.15, 0.2) is 18.2 Å². The van der Waals surface area contributed by atoms with E-state index in [4.69, 9.17) is 22.1 Å². The zero-order chi connectivity index (χ0) is 12.0. The van der Waals surface area contributed by atoms with Crippen LogP contribution in [-0.2, 0) is 4.74 Å². The molecule has 1 atom stereocenters. The highest BCUT2D eigenvalue weighted by atomic mass is 35.5. The molecule has 90 valence electrons. The third-order valence-electron chi connectivity index (χ3n) is 2.17. The van der Waals surface area contributed by atoms with Crippen molar-refractivity contribution in [3.8, 4) is 0 Å². The average molecular weight is 245 g/mol. The van der Waals surface area contributed by atoms with Gasteiger partial charge in [-0.05, 0) is 24.6 Å². The number of halogens is 1. The van der Waals surface area contributed by atoms with Crippen molar-refractivity contribution in [2.24, 2.45) is 0 Å². The van der Waals surface area contributed by atoms with Gasteiger partial charge in [0.05, 0.1) is 24.1 Å². The summed E-state index contributed by atoms with van der Waals surface area (Å²) in [7, 11) is 1.56. The normalized spacial score (nSPS) is 12.4. The summed E-state index contributed by atoms with van der Waals surface area (Å²) in [5.41, 5.74) is 7.20. The fourth-order valence-corrected chi connectivity index (χ4v) is 1.52. The van der Waals surface area contributed by atoms with Gasteiger partial charge >= 0.3 is 0 Å². The molecule has 16 heavy (non-hydrogen) atoms. The second kappa shape index (κ2) is 6.58. The van der Waals surface area contributed by atoms with E-state index in [9.17, 15) is 5.11 Å². The smallest absolute Gasteiger partial charge is 0.0790 e. The van der Waals surface area contributed by atoms with Crippen molar-refractivity contribution in [3.05, 3.63) is 23.2 Å². The number of aliphatic hydroxyl groups excluding tert-OH is 1. The number of methoxy groups -OCH3 is 1. The first-order valence-corrected chi connectivity index (χ1v) is 5.47. The highest BCUT2D eigenvalue weighted by Crippen LogP contribution is 2.22. The van der Waals surface area contributed by atoms with Crippen LogP contribution in [0.1, 0.15) is 6.42 Å². The van der Waals surface area contributed by atoms with Crippen molar-refractivity contribution < 1.29 is 9.84 Å². The van der Waals surface area contributed by atoms with Gasteiger partial charge in [0.1, 0.15) is 0 Å². The molecule has 0 spiro atoms. The summed E-state index contributed by atoms with van der Waals surface area (Å²) in [4.78, 5) is 0. The van der Waals surface area contributed by atoms with Gasteiger partial charge in [-0.3, -0.25) is 0 Å². The summed E-state index contributed by atoms with van der Waals surface area (Å²) in [5.74, 6) is 0. The van der Waals surface area contributed by atoms with Gasteiger partial charge in [0.25, 0.3) is 0 Å². The third-order valence-corrected chi connectivity index (χ3v) is 2.40. The maximum atomic E-state index is 9.42. The van der Waals surface area contributed by atoms with E-state index >= 15 is 0 Å². The number of nitrogen functional groups attached to an aromatic ring is 1. The monoisotopic (exact) mass is 244 g/mol. The quantitative estimate of drug-likeness (QED) is 0.667. The Kier molecular flexibility index (Phi) is 5.38. The Morgan fingerprint density at radius 3 is 2.94 bits per heavy atom. The summed E-state index contributed by atoms with van der Waals surface area (Å²) < 4.78 is 4.83. The molecule has 4 nitrogen and oxygen atoms in total. The largest absolute Gasteiger partial charge is 0.397 e. The number of hydrogen-bond acceptors (Lipinski definition) is 4. The van der Waals surface area contributed by atoms with Crippen LogP contribution in [0.4, 0.5) is 11.4 Å². The number of benzene rings is 1. The molecule has 1 unspecified atom stereocenters. The van der Waals surface area contributed by atoms with Gasteiger partial charge in [-0.15, -0.1) is 0 Å². The molecule has 0 heterocycles. The second-order valence-corrected chi connectivity index (χ2v) is 3.99. The Labute approximate surface area is 100 Å². The van der Waals surface area contributed by atoms with E-state index in [1.54, 1.807) is 19.2 Å². The van der Waals surface area contributed by atoms with Crippen LogP contribution < -0.4 is 11.1 Å². The molecule has 0 aromatic heterocycles. The molecule has 0 amide bonds. The first kappa shape index (κ1) is 13.1. The molecule has 5 heteroatoms. The number of hydrogen-bond donors (Lipinski definition) is 3. The lowest BCUT2D eigenvalue weighted by atomic mass is 10.2. The molecular weight excluding hydrogens is 228 g/mol. The molecule has 1 rings (SSSR count). The van der Waals surface area contributed by atoms with Crippen molar-refractivity contribution >= 4 is 23.0 Å². The maximum absolute atomic E-state index is 9.42. The molecular formula is C11H17ClN2O2. The van der Waals surface area contributed by atoms with E-state index in [0.717, 1.165) is 5.69 Å². The molecule has 0 saturated carbocycles. The minimum Gasteiger partial charge on any atom is -0.397 e. The van der Waals surface area contributed by atoms with Crippen LogP contribution in [0.25, 0.3) is 0 Å². The lowest BCUT2D eigenvalue weighted by molar-refractivity contribution is 0.0615. The van der Waals surface area contributed by atoms with Gasteiger partial charge in [0.15, 0.2) is 0 Å². The van der Waals surface area contributed by atoms with Crippen molar-refractivity contribution in [1.29, 1.82) is 0 Å². The van der Waals surface area contributed by atoms with Crippen LogP contribution in [-0.4, -0.2) is 31.5 Å². The Hall–Kier alpha value is -0.970. The number of anilines is 2. The van der Waals surface area contributed by atoms with Crippen LogP contribution in [0, 0.1) is 0 Å². The predicted octanol–water partition coefficient (Wildman–Crippen LogP) is 1.73. The first-order chi connectivity index (χ1) is 7.63. The average Bonchev–Trinajstić information content (AvgIpc) is 2.22. The summed E-state index contributed by atoms with van der Waals surface area (Å²) in [6.45, 7) is 0.980. The number of rotatable bonds is 6. The molecule has 0 bridgehead atoms. The van der Waals surface area contributed by atoms with E-state index in [1.807, 2.05) is 6.07 Å². The highest BCUT2D eigenvalue weighted by Gasteiger charge is 2.04. The zero-order valence-electron chi connectivity index (χ0n) is 9.24. The van der Waals surface area contributed by atoms with Crippen molar-refractivity contribution in [2.45, 2.75) is 12.5 Å². The van der Waals surface area contributed by atoms with Gasteiger partial charge in [0, 0.05) is 18.7 Å². The summed E-state index contributed by atoms with van der Waals surface area (Å²) >= 11 is 5.78. The standard InChI is InChI=1S/C11H17ClN2O2/c1-16-7-9(15)4-5-14-11-3-2-8(12)6-10(11)13/h2-3,6,9,14-15H,4-5,7,13H2,1H3. The Morgan fingerprint density at radius 1 is 1.56 bits per heavy atom. The molecule has 0 fully saturated rings. The van der Waals surface area contributed by atoms with Crippen molar-refractivity contribution in [3.63, 3.8) is 0 Å². The SMILES string of the molecule is COCC(O)CCNc1ccc(Cl)cc1N. The highest BCUT2D eigenvalue weighted by molar-refractivity contribution is 6.31. The number of ether oxygens (including phenoxy) is 1. The number of aliphatic hydroxyl groups is 1. The van der Waals surface area contributed by atoms with Crippen LogP contribution >= 0.6 is 11.6 Å². The van der Waals surface area contributed by atoms with Crippen LogP contribution in [0.2, 0.25) is 5.02 Å². The predicted molar refractivity (Wildman–Crippen MR) is 66.9 cm³/mol. The third kappa shape index (κ3) is 4.26. The Morgan fingerprint density at radius 2 is 2.31 bits per heavy atom. The van der Waals surface area contributed by atoms with Crippen molar-refractivity contribution in [1.82, 2.24) is 0 Å². The second-order valence-electron chi connectivity index (χ2n) is 3.56. The van der Waals surface area contributed by atoms with E-state index in [2.05, 4.69) is 5.32 Å². The van der Waals surface area contributed by atoms with E-state index in [0.29, 0.717) is 30.3 Å². The van der Waals surface area contributed by atoms with Gasteiger partial charge in [-0.2, -0.15) is 0 Å². The summed E-state index contributed by atoms with van der Waals surface area (Å²) in [5, 5.41) is 13.2. The molecule has 0 aliphatic rings. The van der Waals surface area contributed by atoms with Gasteiger partial charge in [-0.25, -0.2) is 0 Å². The molecule has 1 aromatic rings. The molecule has 0 radical (unpaired) electrons. The van der Waals surface area contributed by atoms with Crippen LogP contribution in [0.5, 0.6) is 0 Å². The lowest BCUT2D eigenvalue weighted by Crippen LogP contribution is -2.18. The maximum Gasteiger partial charge on any atom is 0.0790 e. The Bertz CT molecular complexity index is 334. The fraction of sp³-hybridized carbons (Fsp3) is 0.455. The van der Waals surface area contributed by atoms with Crippen molar-refractivity contribution in [2.75, 3.05) is 31.3 Å². The molecule has 0 aliphatic heterocycles. The minimum atomic E-state index is -0.453. The van der Waals surface area contributed by atoms with Crippen LogP contribution in [0.3, 0.4) is 0 Å². The fourth-order valence-electron chi connectivity index (χ4n) is 1.34.